The molecule has 0 aliphatic rings. The average Bonchev–Trinajstić information content (AvgIpc) is 2.40. The maximum Gasteiger partial charge on any atom is 0.0546 e. The zero-order valence-corrected chi connectivity index (χ0v) is 13.9. The second-order valence-corrected chi connectivity index (χ2v) is 6.40. The molecule has 0 radical (unpaired) electrons. The summed E-state index contributed by atoms with van der Waals surface area (Å²) >= 11 is 6.27. The van der Waals surface area contributed by atoms with Crippen molar-refractivity contribution in [2.75, 3.05) is 20.2 Å². The van der Waals surface area contributed by atoms with Crippen molar-refractivity contribution < 1.29 is 4.74 Å². The molecule has 0 fully saturated rings. The van der Waals surface area contributed by atoms with Gasteiger partial charge in [-0.15, -0.1) is 0 Å². The minimum atomic E-state index is 0.281. The Balaban J connectivity index is 2.59. The van der Waals surface area contributed by atoms with Gasteiger partial charge >= 0.3 is 0 Å². The van der Waals surface area contributed by atoms with Gasteiger partial charge in [-0.1, -0.05) is 43.6 Å². The predicted octanol–water partition coefficient (Wildman–Crippen LogP) is 4.17. The molecule has 2 nitrogen and oxygen atoms in total. The first-order valence-corrected chi connectivity index (χ1v) is 7.87. The van der Waals surface area contributed by atoms with Gasteiger partial charge in [-0.25, -0.2) is 0 Å². The first-order chi connectivity index (χ1) is 9.52. The van der Waals surface area contributed by atoms with Crippen molar-refractivity contribution in [1.82, 2.24) is 5.32 Å². The van der Waals surface area contributed by atoms with E-state index in [1.165, 1.54) is 5.56 Å². The second-order valence-electron chi connectivity index (χ2n) is 6.00. The second kappa shape index (κ2) is 9.38. The third kappa shape index (κ3) is 6.74. The summed E-state index contributed by atoms with van der Waals surface area (Å²) in [6.45, 7) is 8.65. The Labute approximate surface area is 128 Å². The highest BCUT2D eigenvalue weighted by atomic mass is 35.5. The molecule has 0 bridgehead atoms. The molecule has 1 aromatic carbocycles. The first-order valence-electron chi connectivity index (χ1n) is 7.49. The Morgan fingerprint density at radius 1 is 1.15 bits per heavy atom. The molecule has 0 heterocycles. The van der Waals surface area contributed by atoms with Gasteiger partial charge in [0, 0.05) is 12.1 Å². The normalized spacial score (nSPS) is 14.5. The summed E-state index contributed by atoms with van der Waals surface area (Å²) in [4.78, 5) is 0. The van der Waals surface area contributed by atoms with Gasteiger partial charge < -0.3 is 10.1 Å². The van der Waals surface area contributed by atoms with E-state index in [2.05, 4.69) is 38.2 Å². The molecular formula is C17H28ClNO. The highest BCUT2D eigenvalue weighted by molar-refractivity contribution is 6.31. The fraction of sp³-hybridized carbons (Fsp3) is 0.647. The van der Waals surface area contributed by atoms with E-state index < -0.39 is 0 Å². The molecule has 114 valence electrons. The Hall–Kier alpha value is -0.570. The van der Waals surface area contributed by atoms with Gasteiger partial charge in [0.15, 0.2) is 0 Å². The fourth-order valence-corrected chi connectivity index (χ4v) is 2.57. The van der Waals surface area contributed by atoms with Crippen molar-refractivity contribution in [3.8, 4) is 0 Å². The van der Waals surface area contributed by atoms with Gasteiger partial charge in [0.1, 0.15) is 0 Å². The van der Waals surface area contributed by atoms with E-state index >= 15 is 0 Å². The summed E-state index contributed by atoms with van der Waals surface area (Å²) in [7, 11) is 1.78. The monoisotopic (exact) mass is 297 g/mol. The topological polar surface area (TPSA) is 21.3 Å². The summed E-state index contributed by atoms with van der Waals surface area (Å²) in [5.41, 5.74) is 1.23. The summed E-state index contributed by atoms with van der Waals surface area (Å²) < 4.78 is 5.42. The van der Waals surface area contributed by atoms with E-state index in [1.807, 2.05) is 12.1 Å². The average molecular weight is 298 g/mol. The molecular weight excluding hydrogens is 270 g/mol. The predicted molar refractivity (Wildman–Crippen MR) is 87.4 cm³/mol. The maximum absolute atomic E-state index is 6.27. The maximum atomic E-state index is 6.27. The lowest BCUT2D eigenvalue weighted by Gasteiger charge is -2.22. The summed E-state index contributed by atoms with van der Waals surface area (Å²) in [6.07, 6.45) is 2.33. The van der Waals surface area contributed by atoms with Crippen molar-refractivity contribution in [1.29, 1.82) is 0 Å². The number of nitrogens with one attached hydrogen (secondary N) is 1. The third-order valence-corrected chi connectivity index (χ3v) is 3.89. The van der Waals surface area contributed by atoms with Crippen LogP contribution in [0.1, 0.15) is 32.8 Å². The Bertz CT molecular complexity index is 381. The van der Waals surface area contributed by atoms with Crippen molar-refractivity contribution in [3.63, 3.8) is 0 Å². The van der Waals surface area contributed by atoms with E-state index in [4.69, 9.17) is 16.3 Å². The van der Waals surface area contributed by atoms with Crippen LogP contribution in [0.4, 0.5) is 0 Å². The fourth-order valence-electron chi connectivity index (χ4n) is 2.36. The van der Waals surface area contributed by atoms with Gasteiger partial charge in [0.25, 0.3) is 0 Å². The number of hydrogen-bond acceptors (Lipinski definition) is 2. The van der Waals surface area contributed by atoms with E-state index in [0.29, 0.717) is 11.8 Å². The van der Waals surface area contributed by atoms with Gasteiger partial charge in [0.05, 0.1) is 6.10 Å². The molecule has 1 aromatic rings. The number of ether oxygens (including phenoxy) is 1. The Morgan fingerprint density at radius 2 is 1.85 bits per heavy atom. The van der Waals surface area contributed by atoms with Crippen molar-refractivity contribution >= 4 is 11.6 Å². The van der Waals surface area contributed by atoms with Crippen LogP contribution < -0.4 is 5.32 Å². The number of methoxy groups -OCH3 is 1. The van der Waals surface area contributed by atoms with Crippen LogP contribution in [0.2, 0.25) is 5.02 Å². The molecule has 0 aromatic heterocycles. The SMILES string of the molecule is COC(C)CC(CNCC(C)C)Cc1ccccc1Cl. The molecule has 0 aliphatic heterocycles. The van der Waals surface area contributed by atoms with E-state index in [9.17, 15) is 0 Å². The quantitative estimate of drug-likeness (QED) is 0.738. The molecule has 20 heavy (non-hydrogen) atoms. The van der Waals surface area contributed by atoms with Crippen LogP contribution in [0.25, 0.3) is 0 Å². The lowest BCUT2D eigenvalue weighted by molar-refractivity contribution is 0.0945. The van der Waals surface area contributed by atoms with Gasteiger partial charge in [0.2, 0.25) is 0 Å². The smallest absolute Gasteiger partial charge is 0.0546 e. The minimum absolute atomic E-state index is 0.281. The van der Waals surface area contributed by atoms with Crippen LogP contribution in [0.5, 0.6) is 0 Å². The highest BCUT2D eigenvalue weighted by Gasteiger charge is 2.15. The van der Waals surface area contributed by atoms with Crippen molar-refractivity contribution in [3.05, 3.63) is 34.9 Å². The number of hydrogen-bond donors (Lipinski definition) is 1. The van der Waals surface area contributed by atoms with Crippen LogP contribution in [0, 0.1) is 11.8 Å². The summed E-state index contributed by atoms with van der Waals surface area (Å²) in [6, 6.07) is 8.12. The van der Waals surface area contributed by atoms with E-state index in [-0.39, 0.29) is 6.10 Å². The molecule has 1 N–H and O–H groups in total. The standard InChI is InChI=1S/C17H28ClNO/c1-13(2)11-19-12-15(9-14(3)20-4)10-16-7-5-6-8-17(16)18/h5-8,13-15,19H,9-12H2,1-4H3. The molecule has 0 saturated heterocycles. The molecule has 2 atom stereocenters. The molecule has 3 heteroatoms. The van der Waals surface area contributed by atoms with Gasteiger partial charge in [-0.05, 0) is 56.3 Å². The van der Waals surface area contributed by atoms with Crippen LogP contribution in [0.3, 0.4) is 0 Å². The molecule has 0 aliphatic carbocycles. The van der Waals surface area contributed by atoms with Crippen LogP contribution in [-0.2, 0) is 11.2 Å². The zero-order chi connectivity index (χ0) is 15.0. The highest BCUT2D eigenvalue weighted by Crippen LogP contribution is 2.21. The molecule has 0 spiro atoms. The van der Waals surface area contributed by atoms with Crippen LogP contribution >= 0.6 is 11.6 Å². The number of rotatable bonds is 9. The number of benzene rings is 1. The lowest BCUT2D eigenvalue weighted by Crippen LogP contribution is -2.29. The lowest BCUT2D eigenvalue weighted by atomic mass is 9.93. The van der Waals surface area contributed by atoms with Crippen LogP contribution in [0.15, 0.2) is 24.3 Å². The van der Waals surface area contributed by atoms with Crippen molar-refractivity contribution in [2.24, 2.45) is 11.8 Å². The van der Waals surface area contributed by atoms with E-state index in [0.717, 1.165) is 31.0 Å². The van der Waals surface area contributed by atoms with Crippen LogP contribution in [-0.4, -0.2) is 26.3 Å². The van der Waals surface area contributed by atoms with Gasteiger partial charge in [-0.3, -0.25) is 0 Å². The number of halogens is 1. The third-order valence-electron chi connectivity index (χ3n) is 3.52. The first kappa shape index (κ1) is 17.5. The molecule has 1 rings (SSSR count). The Morgan fingerprint density at radius 3 is 2.45 bits per heavy atom. The molecule has 0 amide bonds. The molecule has 0 saturated carbocycles. The Kier molecular flexibility index (Phi) is 8.20. The summed E-state index contributed by atoms with van der Waals surface area (Å²) in [5.74, 6) is 1.22. The zero-order valence-electron chi connectivity index (χ0n) is 13.2. The molecule has 2 unspecified atom stereocenters. The minimum Gasteiger partial charge on any atom is -0.382 e. The largest absolute Gasteiger partial charge is 0.382 e. The van der Waals surface area contributed by atoms with E-state index in [1.54, 1.807) is 7.11 Å². The van der Waals surface area contributed by atoms with Gasteiger partial charge in [-0.2, -0.15) is 0 Å². The summed E-state index contributed by atoms with van der Waals surface area (Å²) in [5, 5.41) is 4.42. The van der Waals surface area contributed by atoms with Crippen molar-refractivity contribution in [2.45, 2.75) is 39.7 Å².